The molecule has 2 fully saturated rings. The standard InChI is InChI=1S/C40H43N7O3/c1-25-11-12-46(20-25)21-28-17-29(19-41)38-34(18-28)42-40(50-38)33-10-6-8-31(27(33)3)30-7-5-9-32(26(30)2)39-43-35-22-47(23-36(35)49-39)37(48)24-45-15-13-44(4)14-16-45/h5-10,17-18,25H,11-16,20-24H2,1-4H3/t25-/m0/s1. The van der Waals surface area contributed by atoms with Gasteiger partial charge in [0.15, 0.2) is 5.58 Å². The zero-order valence-corrected chi connectivity index (χ0v) is 29.3. The second-order valence-corrected chi connectivity index (χ2v) is 14.4. The van der Waals surface area contributed by atoms with E-state index in [9.17, 15) is 10.1 Å². The molecule has 5 aromatic rings. The van der Waals surface area contributed by atoms with Gasteiger partial charge in [0.05, 0.1) is 25.2 Å². The Labute approximate surface area is 292 Å². The van der Waals surface area contributed by atoms with E-state index in [1.807, 2.05) is 35.2 Å². The number of piperazine rings is 1. The van der Waals surface area contributed by atoms with Crippen LogP contribution < -0.4 is 0 Å². The molecular weight excluding hydrogens is 626 g/mol. The molecule has 8 rings (SSSR count). The number of nitriles is 1. The lowest BCUT2D eigenvalue weighted by atomic mass is 9.91. The summed E-state index contributed by atoms with van der Waals surface area (Å²) in [4.78, 5) is 31.7. The van der Waals surface area contributed by atoms with Crippen LogP contribution >= 0.6 is 0 Å². The Morgan fingerprint density at radius 2 is 1.56 bits per heavy atom. The number of oxazole rings is 2. The molecule has 3 aromatic carbocycles. The quantitative estimate of drug-likeness (QED) is 0.199. The number of carbonyl (C=O) groups is 1. The van der Waals surface area contributed by atoms with Crippen LogP contribution in [0.15, 0.2) is 57.4 Å². The summed E-state index contributed by atoms with van der Waals surface area (Å²) in [5.41, 5.74) is 9.71. The Morgan fingerprint density at radius 1 is 0.880 bits per heavy atom. The summed E-state index contributed by atoms with van der Waals surface area (Å²) in [6, 6.07) is 18.7. The molecule has 0 saturated carbocycles. The van der Waals surface area contributed by atoms with Crippen molar-refractivity contribution in [3.05, 3.63) is 82.2 Å². The molecule has 1 amide bonds. The molecule has 2 aromatic heterocycles. The molecule has 10 nitrogen and oxygen atoms in total. The molecule has 0 bridgehead atoms. The van der Waals surface area contributed by atoms with E-state index >= 15 is 0 Å². The van der Waals surface area contributed by atoms with Gasteiger partial charge in [-0.15, -0.1) is 0 Å². The van der Waals surface area contributed by atoms with Gasteiger partial charge in [-0.1, -0.05) is 31.2 Å². The number of nitrogens with zero attached hydrogens (tertiary/aromatic N) is 7. The van der Waals surface area contributed by atoms with Gasteiger partial charge >= 0.3 is 0 Å². The van der Waals surface area contributed by atoms with Crippen molar-refractivity contribution in [3.8, 4) is 40.1 Å². The van der Waals surface area contributed by atoms with Gasteiger partial charge in [-0.3, -0.25) is 14.6 Å². The minimum absolute atomic E-state index is 0.123. The highest BCUT2D eigenvalue weighted by Gasteiger charge is 2.31. The van der Waals surface area contributed by atoms with Crippen molar-refractivity contribution in [3.63, 3.8) is 0 Å². The molecule has 0 radical (unpaired) electrons. The Kier molecular flexibility index (Phi) is 8.51. The van der Waals surface area contributed by atoms with Crippen molar-refractivity contribution < 1.29 is 13.6 Å². The summed E-state index contributed by atoms with van der Waals surface area (Å²) in [7, 11) is 2.12. The van der Waals surface area contributed by atoms with E-state index in [0.717, 1.165) is 96.2 Å². The van der Waals surface area contributed by atoms with Crippen LogP contribution in [0, 0.1) is 31.1 Å². The van der Waals surface area contributed by atoms with Gasteiger partial charge in [0.1, 0.15) is 23.0 Å². The average molecular weight is 670 g/mol. The third-order valence-electron chi connectivity index (χ3n) is 10.8. The number of aromatic nitrogens is 2. The third kappa shape index (κ3) is 6.10. The van der Waals surface area contributed by atoms with Gasteiger partial charge in [-0.2, -0.15) is 5.26 Å². The maximum atomic E-state index is 13.1. The van der Waals surface area contributed by atoms with E-state index in [1.54, 1.807) is 0 Å². The number of carbonyl (C=O) groups excluding carboxylic acids is 1. The van der Waals surface area contributed by atoms with Gasteiger partial charge in [-0.25, -0.2) is 9.97 Å². The number of amides is 1. The maximum absolute atomic E-state index is 13.1. The minimum Gasteiger partial charge on any atom is -0.439 e. The van der Waals surface area contributed by atoms with E-state index < -0.39 is 0 Å². The summed E-state index contributed by atoms with van der Waals surface area (Å²) in [5, 5.41) is 10.00. The third-order valence-corrected chi connectivity index (χ3v) is 10.8. The maximum Gasteiger partial charge on any atom is 0.237 e. The molecule has 0 unspecified atom stereocenters. The summed E-state index contributed by atoms with van der Waals surface area (Å²) in [5.74, 6) is 2.67. The molecule has 50 heavy (non-hydrogen) atoms. The van der Waals surface area contributed by atoms with Crippen molar-refractivity contribution in [2.75, 3.05) is 52.9 Å². The number of rotatable bonds is 7. The van der Waals surface area contributed by atoms with Crippen LogP contribution in [0.25, 0.3) is 45.1 Å². The Balaban J connectivity index is 1.03. The largest absolute Gasteiger partial charge is 0.439 e. The zero-order valence-electron chi connectivity index (χ0n) is 29.3. The SMILES string of the molecule is Cc1c(-c2nc3c(o2)CN(C(=O)CN2CCN(C)CC2)C3)cccc1-c1cccc(-c2nc3cc(CN4CC[C@H](C)C4)cc(C#N)c3o2)c1C. The lowest BCUT2D eigenvalue weighted by molar-refractivity contribution is -0.133. The van der Waals surface area contributed by atoms with E-state index in [4.69, 9.17) is 18.8 Å². The molecule has 256 valence electrons. The molecule has 0 aliphatic carbocycles. The van der Waals surface area contributed by atoms with Crippen molar-refractivity contribution in [1.82, 2.24) is 29.6 Å². The Hall–Kier alpha value is -4.82. The normalized spacial score (nSPS) is 18.6. The number of benzene rings is 3. The molecule has 0 N–H and O–H groups in total. The summed E-state index contributed by atoms with van der Waals surface area (Å²) in [6.07, 6.45) is 1.21. The highest BCUT2D eigenvalue weighted by atomic mass is 16.4. The monoisotopic (exact) mass is 669 g/mol. The van der Waals surface area contributed by atoms with E-state index in [2.05, 4.69) is 66.8 Å². The van der Waals surface area contributed by atoms with Crippen LogP contribution in [0.3, 0.4) is 0 Å². The zero-order chi connectivity index (χ0) is 34.5. The second-order valence-electron chi connectivity index (χ2n) is 14.4. The first-order chi connectivity index (χ1) is 24.2. The lowest BCUT2D eigenvalue weighted by Crippen LogP contribution is -2.48. The van der Waals surface area contributed by atoms with Crippen molar-refractivity contribution in [1.29, 1.82) is 5.26 Å². The van der Waals surface area contributed by atoms with Crippen LogP contribution in [0.5, 0.6) is 0 Å². The van der Waals surface area contributed by atoms with Crippen LogP contribution in [-0.4, -0.2) is 88.3 Å². The second kappa shape index (κ2) is 13.1. The molecule has 10 heteroatoms. The first kappa shape index (κ1) is 32.4. The Morgan fingerprint density at radius 3 is 2.20 bits per heavy atom. The van der Waals surface area contributed by atoms with Crippen molar-refractivity contribution >= 4 is 17.0 Å². The van der Waals surface area contributed by atoms with Gasteiger partial charge in [0.2, 0.25) is 17.7 Å². The average Bonchev–Trinajstić information content (AvgIpc) is 3.90. The molecule has 3 aliphatic heterocycles. The number of likely N-dealkylation sites (N-methyl/N-ethyl adjacent to an activating group) is 1. The fraction of sp³-hybridized carbons (Fsp3) is 0.400. The molecule has 2 saturated heterocycles. The van der Waals surface area contributed by atoms with Gasteiger partial charge < -0.3 is 18.6 Å². The Bertz CT molecular complexity index is 2110. The molecule has 0 spiro atoms. The molecule has 5 heterocycles. The lowest BCUT2D eigenvalue weighted by Gasteiger charge is -2.32. The number of hydrogen-bond acceptors (Lipinski definition) is 9. The highest BCUT2D eigenvalue weighted by molar-refractivity contribution is 5.85. The van der Waals surface area contributed by atoms with E-state index in [1.165, 1.54) is 6.42 Å². The van der Waals surface area contributed by atoms with Crippen LogP contribution in [0.1, 0.15) is 47.1 Å². The van der Waals surface area contributed by atoms with Crippen LogP contribution in [-0.2, 0) is 24.4 Å². The van der Waals surface area contributed by atoms with Gasteiger partial charge in [0.25, 0.3) is 0 Å². The van der Waals surface area contributed by atoms with Crippen LogP contribution in [0.4, 0.5) is 0 Å². The van der Waals surface area contributed by atoms with Crippen LogP contribution in [0.2, 0.25) is 0 Å². The fourth-order valence-electron chi connectivity index (χ4n) is 7.76. The molecular formula is C40H43N7O3. The first-order valence-corrected chi connectivity index (χ1v) is 17.7. The van der Waals surface area contributed by atoms with Gasteiger partial charge in [-0.05, 0) is 91.9 Å². The molecule has 1 atom stereocenters. The summed E-state index contributed by atoms with van der Waals surface area (Å²) < 4.78 is 12.6. The number of likely N-dealkylation sites (tertiary alicyclic amines) is 1. The smallest absolute Gasteiger partial charge is 0.237 e. The first-order valence-electron chi connectivity index (χ1n) is 17.7. The minimum atomic E-state index is 0.123. The van der Waals surface area contributed by atoms with Gasteiger partial charge in [0, 0.05) is 50.4 Å². The predicted molar refractivity (Wildman–Crippen MR) is 192 cm³/mol. The summed E-state index contributed by atoms with van der Waals surface area (Å²) in [6.45, 7) is 14.6. The van der Waals surface area contributed by atoms with Crippen molar-refractivity contribution in [2.45, 2.75) is 46.8 Å². The predicted octanol–water partition coefficient (Wildman–Crippen LogP) is 6.24. The van der Waals surface area contributed by atoms with Crippen molar-refractivity contribution in [2.24, 2.45) is 5.92 Å². The molecule has 3 aliphatic rings. The van der Waals surface area contributed by atoms with E-state index in [-0.39, 0.29) is 5.91 Å². The number of fused-ring (bicyclic) bond motifs is 2. The van der Waals surface area contributed by atoms with E-state index in [0.29, 0.717) is 54.0 Å². The highest BCUT2D eigenvalue weighted by Crippen LogP contribution is 2.39. The topological polar surface area (TPSA) is 106 Å². The summed E-state index contributed by atoms with van der Waals surface area (Å²) >= 11 is 0. The fourth-order valence-corrected chi connectivity index (χ4v) is 7.76. The number of hydrogen-bond donors (Lipinski definition) is 0.